The summed E-state index contributed by atoms with van der Waals surface area (Å²) in [6, 6.07) is 13.5. The number of hydrogen-bond donors (Lipinski definition) is 2. The Labute approximate surface area is 158 Å². The highest BCUT2D eigenvalue weighted by atomic mass is 16.6. The summed E-state index contributed by atoms with van der Waals surface area (Å²) in [5.74, 6) is 0.837. The van der Waals surface area contributed by atoms with Gasteiger partial charge in [0.15, 0.2) is 5.82 Å². The lowest BCUT2D eigenvalue weighted by Gasteiger charge is -2.17. The smallest absolute Gasteiger partial charge is 0.350 e. The monoisotopic (exact) mass is 377 g/mol. The number of hydrogen-bond acceptors (Lipinski definition) is 7. The fraction of sp³-hybridized carbons (Fsp3) is 0.111. The molecule has 4 rings (SSSR count). The molecule has 3 aromatic heterocycles. The second-order valence-corrected chi connectivity index (χ2v) is 6.07. The summed E-state index contributed by atoms with van der Waals surface area (Å²) in [7, 11) is 0. The summed E-state index contributed by atoms with van der Waals surface area (Å²) in [6.07, 6.45) is 1.44. The fourth-order valence-electron chi connectivity index (χ4n) is 2.91. The third-order valence-electron chi connectivity index (χ3n) is 4.18. The SMILES string of the molecule is Cc1nc(C(Nc2nc3ccccn3c(=O)c2[N+](=O)[O-])c2ccccc2)n[nH]1. The number of aromatic amines is 1. The zero-order chi connectivity index (χ0) is 19.7. The van der Waals surface area contributed by atoms with E-state index in [9.17, 15) is 14.9 Å². The summed E-state index contributed by atoms with van der Waals surface area (Å²) < 4.78 is 1.14. The number of fused-ring (bicyclic) bond motifs is 1. The molecule has 0 aliphatic carbocycles. The van der Waals surface area contributed by atoms with E-state index < -0.39 is 22.2 Å². The van der Waals surface area contributed by atoms with Crippen molar-refractivity contribution in [1.82, 2.24) is 24.6 Å². The largest absolute Gasteiger partial charge is 0.376 e. The number of anilines is 1. The summed E-state index contributed by atoms with van der Waals surface area (Å²) >= 11 is 0. The van der Waals surface area contributed by atoms with Crippen LogP contribution in [0.3, 0.4) is 0 Å². The predicted molar refractivity (Wildman–Crippen MR) is 101 cm³/mol. The van der Waals surface area contributed by atoms with Gasteiger partial charge >= 0.3 is 11.2 Å². The van der Waals surface area contributed by atoms with E-state index in [2.05, 4.69) is 25.5 Å². The molecule has 4 aromatic rings. The lowest BCUT2D eigenvalue weighted by Crippen LogP contribution is -2.23. The van der Waals surface area contributed by atoms with Crippen LogP contribution in [0, 0.1) is 17.0 Å². The first-order valence-electron chi connectivity index (χ1n) is 8.41. The molecule has 3 heterocycles. The highest BCUT2D eigenvalue weighted by Gasteiger charge is 2.28. The van der Waals surface area contributed by atoms with Crippen molar-refractivity contribution in [2.45, 2.75) is 13.0 Å². The van der Waals surface area contributed by atoms with Crippen LogP contribution >= 0.6 is 0 Å². The van der Waals surface area contributed by atoms with Gasteiger partial charge in [0, 0.05) is 6.20 Å². The molecule has 10 heteroatoms. The maximum Gasteiger partial charge on any atom is 0.376 e. The minimum Gasteiger partial charge on any atom is -0.350 e. The lowest BCUT2D eigenvalue weighted by molar-refractivity contribution is -0.385. The van der Waals surface area contributed by atoms with E-state index in [-0.39, 0.29) is 5.82 Å². The van der Waals surface area contributed by atoms with Crippen LogP contribution in [0.2, 0.25) is 0 Å². The number of nitro groups is 1. The molecule has 0 saturated heterocycles. The molecule has 0 bridgehead atoms. The van der Waals surface area contributed by atoms with Crippen molar-refractivity contribution in [2.24, 2.45) is 0 Å². The highest BCUT2D eigenvalue weighted by molar-refractivity contribution is 5.61. The van der Waals surface area contributed by atoms with Crippen LogP contribution in [-0.4, -0.2) is 29.5 Å². The number of aryl methyl sites for hydroxylation is 1. The van der Waals surface area contributed by atoms with E-state index in [1.807, 2.05) is 30.3 Å². The molecule has 1 aromatic carbocycles. The molecule has 0 radical (unpaired) electrons. The number of aromatic nitrogens is 5. The second kappa shape index (κ2) is 6.91. The summed E-state index contributed by atoms with van der Waals surface area (Å²) in [4.78, 5) is 32.2. The zero-order valence-electron chi connectivity index (χ0n) is 14.7. The highest BCUT2D eigenvalue weighted by Crippen LogP contribution is 2.27. The number of rotatable bonds is 5. The standard InChI is InChI=1S/C18H15N7O3/c1-11-19-16(23-22-11)14(12-7-3-2-4-8-12)21-17-15(25(27)28)18(26)24-10-6-5-9-13(24)20-17/h2-10,14,21H,1H3,(H,19,22,23). The van der Waals surface area contributed by atoms with E-state index in [1.54, 1.807) is 25.1 Å². The molecule has 2 N–H and O–H groups in total. The van der Waals surface area contributed by atoms with Crippen LogP contribution in [0.5, 0.6) is 0 Å². The minimum absolute atomic E-state index is 0.141. The third kappa shape index (κ3) is 3.07. The predicted octanol–water partition coefficient (Wildman–Crippen LogP) is 2.23. The molecular weight excluding hydrogens is 362 g/mol. The van der Waals surface area contributed by atoms with Gasteiger partial charge in [-0.3, -0.25) is 24.4 Å². The van der Waals surface area contributed by atoms with Crippen molar-refractivity contribution < 1.29 is 4.92 Å². The molecule has 0 aliphatic rings. The molecule has 140 valence electrons. The van der Waals surface area contributed by atoms with E-state index >= 15 is 0 Å². The van der Waals surface area contributed by atoms with Gasteiger partial charge in [-0.25, -0.2) is 9.97 Å². The first-order valence-corrected chi connectivity index (χ1v) is 8.41. The quantitative estimate of drug-likeness (QED) is 0.403. The van der Waals surface area contributed by atoms with Gasteiger partial charge in [-0.2, -0.15) is 5.10 Å². The Kier molecular flexibility index (Phi) is 4.28. The van der Waals surface area contributed by atoms with Crippen LogP contribution in [0.4, 0.5) is 11.5 Å². The van der Waals surface area contributed by atoms with Gasteiger partial charge in [0.25, 0.3) is 0 Å². The van der Waals surface area contributed by atoms with Crippen molar-refractivity contribution in [1.29, 1.82) is 0 Å². The Morgan fingerprint density at radius 1 is 1.14 bits per heavy atom. The normalized spacial score (nSPS) is 12.0. The Bertz CT molecular complexity index is 1220. The molecular formula is C18H15N7O3. The zero-order valence-corrected chi connectivity index (χ0v) is 14.7. The van der Waals surface area contributed by atoms with Gasteiger partial charge in [-0.05, 0) is 24.6 Å². The molecule has 0 aliphatic heterocycles. The Morgan fingerprint density at radius 2 is 1.89 bits per heavy atom. The van der Waals surface area contributed by atoms with E-state index in [1.165, 1.54) is 6.20 Å². The van der Waals surface area contributed by atoms with Crippen LogP contribution < -0.4 is 10.9 Å². The van der Waals surface area contributed by atoms with Crippen molar-refractivity contribution in [3.63, 3.8) is 0 Å². The van der Waals surface area contributed by atoms with Crippen molar-refractivity contribution >= 4 is 17.2 Å². The van der Waals surface area contributed by atoms with E-state index in [0.717, 1.165) is 9.96 Å². The fourth-order valence-corrected chi connectivity index (χ4v) is 2.91. The molecule has 0 saturated carbocycles. The average Bonchev–Trinajstić information content (AvgIpc) is 3.12. The molecule has 0 fully saturated rings. The third-order valence-corrected chi connectivity index (χ3v) is 4.18. The topological polar surface area (TPSA) is 131 Å². The number of nitrogens with one attached hydrogen (secondary N) is 2. The molecule has 0 amide bonds. The molecule has 1 unspecified atom stereocenters. The van der Waals surface area contributed by atoms with Gasteiger partial charge in [0.1, 0.15) is 17.5 Å². The van der Waals surface area contributed by atoms with Crippen molar-refractivity contribution in [3.8, 4) is 0 Å². The van der Waals surface area contributed by atoms with Gasteiger partial charge in [0.2, 0.25) is 5.82 Å². The molecule has 10 nitrogen and oxygen atoms in total. The van der Waals surface area contributed by atoms with Crippen LogP contribution in [0.15, 0.2) is 59.5 Å². The Hall–Kier alpha value is -4.08. The molecule has 0 spiro atoms. The van der Waals surface area contributed by atoms with Crippen molar-refractivity contribution in [2.75, 3.05) is 5.32 Å². The Balaban J connectivity index is 1.89. The van der Waals surface area contributed by atoms with E-state index in [0.29, 0.717) is 17.3 Å². The van der Waals surface area contributed by atoms with Gasteiger partial charge < -0.3 is 5.32 Å². The lowest BCUT2D eigenvalue weighted by atomic mass is 10.1. The first kappa shape index (κ1) is 17.3. The maximum atomic E-state index is 12.7. The number of benzene rings is 1. The van der Waals surface area contributed by atoms with Gasteiger partial charge in [-0.1, -0.05) is 36.4 Å². The minimum atomic E-state index is -0.768. The number of pyridine rings is 1. The molecule has 28 heavy (non-hydrogen) atoms. The van der Waals surface area contributed by atoms with Crippen LogP contribution in [0.1, 0.15) is 23.3 Å². The number of H-pyrrole nitrogens is 1. The summed E-state index contributed by atoms with van der Waals surface area (Å²) in [6.45, 7) is 1.75. The first-order chi connectivity index (χ1) is 13.5. The van der Waals surface area contributed by atoms with Crippen LogP contribution in [-0.2, 0) is 0 Å². The van der Waals surface area contributed by atoms with Gasteiger partial charge in [0.05, 0.1) is 4.92 Å². The van der Waals surface area contributed by atoms with Gasteiger partial charge in [-0.15, -0.1) is 0 Å². The summed E-state index contributed by atoms with van der Waals surface area (Å²) in [5, 5.41) is 21.5. The number of nitrogens with zero attached hydrogens (tertiary/aromatic N) is 5. The maximum absolute atomic E-state index is 12.7. The summed E-state index contributed by atoms with van der Waals surface area (Å²) in [5.41, 5.74) is -0.350. The van der Waals surface area contributed by atoms with Crippen molar-refractivity contribution in [3.05, 3.63) is 92.4 Å². The molecule has 1 atom stereocenters. The Morgan fingerprint density at radius 3 is 2.57 bits per heavy atom. The average molecular weight is 377 g/mol. The van der Waals surface area contributed by atoms with E-state index in [4.69, 9.17) is 0 Å². The second-order valence-electron chi connectivity index (χ2n) is 6.07. The van der Waals surface area contributed by atoms with Crippen LogP contribution in [0.25, 0.3) is 5.65 Å².